The van der Waals surface area contributed by atoms with Crippen LogP contribution in [0.3, 0.4) is 0 Å². The normalized spacial score (nSPS) is 24.0. The van der Waals surface area contributed by atoms with Crippen molar-refractivity contribution < 1.29 is 9.53 Å². The predicted molar refractivity (Wildman–Crippen MR) is 115 cm³/mol. The lowest BCUT2D eigenvalue weighted by Gasteiger charge is -2.30. The first kappa shape index (κ1) is 19.9. The van der Waals surface area contributed by atoms with Crippen molar-refractivity contribution in [1.82, 2.24) is 10.2 Å². The van der Waals surface area contributed by atoms with Crippen LogP contribution >= 0.6 is 0 Å². The summed E-state index contributed by atoms with van der Waals surface area (Å²) in [5.74, 6) is 0.851. The molecular weight excluding hydrogens is 362 g/mol. The van der Waals surface area contributed by atoms with E-state index >= 15 is 0 Å². The molecule has 2 fully saturated rings. The Hall–Kier alpha value is -2.37. The van der Waals surface area contributed by atoms with Crippen LogP contribution in [-0.2, 0) is 0 Å². The number of hydrogen-bond donors (Lipinski definition) is 2. The molecule has 2 aliphatic heterocycles. The van der Waals surface area contributed by atoms with Crippen LogP contribution in [0.15, 0.2) is 54.6 Å². The van der Waals surface area contributed by atoms with Gasteiger partial charge in [0, 0.05) is 30.2 Å². The van der Waals surface area contributed by atoms with E-state index in [1.807, 2.05) is 24.3 Å². The molecule has 1 amide bonds. The zero-order valence-corrected chi connectivity index (χ0v) is 16.9. The second-order valence-corrected chi connectivity index (χ2v) is 8.05. The number of carbonyl (C=O) groups excluding carboxylic acids is 1. The Bertz CT molecular complexity index is 811. The van der Waals surface area contributed by atoms with Gasteiger partial charge in [0.05, 0.1) is 6.61 Å². The number of likely N-dealkylation sites (tertiary alicyclic amines) is 1. The fourth-order valence-electron chi connectivity index (χ4n) is 4.60. The Morgan fingerprint density at radius 2 is 2.00 bits per heavy atom. The van der Waals surface area contributed by atoms with E-state index in [1.165, 1.54) is 5.56 Å². The quantitative estimate of drug-likeness (QED) is 0.737. The minimum Gasteiger partial charge on any atom is -0.494 e. The molecular formula is C24H31N3O2. The molecule has 2 saturated heterocycles. The molecule has 0 aromatic heterocycles. The van der Waals surface area contributed by atoms with E-state index in [1.54, 1.807) is 0 Å². The monoisotopic (exact) mass is 393 g/mol. The zero-order chi connectivity index (χ0) is 20.1. The van der Waals surface area contributed by atoms with Crippen LogP contribution < -0.4 is 15.8 Å². The minimum atomic E-state index is 0.113. The predicted octanol–water partition coefficient (Wildman–Crippen LogP) is 3.51. The average Bonchev–Trinajstić information content (AvgIpc) is 3.08. The number of nitrogens with two attached hydrogens (primary N) is 1. The third-order valence-corrected chi connectivity index (χ3v) is 6.08. The highest BCUT2D eigenvalue weighted by molar-refractivity contribution is 5.95. The van der Waals surface area contributed by atoms with Gasteiger partial charge in [0.2, 0.25) is 0 Å². The number of hydrogen-bond acceptors (Lipinski definition) is 4. The summed E-state index contributed by atoms with van der Waals surface area (Å²) in [5, 5.41) is 3.80. The maximum Gasteiger partial charge on any atom is 0.254 e. The molecule has 0 bridgehead atoms. The largest absolute Gasteiger partial charge is 0.494 e. The van der Waals surface area contributed by atoms with Crippen molar-refractivity contribution in [2.45, 2.75) is 50.2 Å². The molecule has 29 heavy (non-hydrogen) atoms. The van der Waals surface area contributed by atoms with Crippen LogP contribution in [-0.4, -0.2) is 42.6 Å². The van der Waals surface area contributed by atoms with E-state index in [9.17, 15) is 4.79 Å². The van der Waals surface area contributed by atoms with Crippen molar-refractivity contribution >= 4 is 5.91 Å². The highest BCUT2D eigenvalue weighted by Gasteiger charge is 2.40. The molecule has 2 aromatic carbocycles. The summed E-state index contributed by atoms with van der Waals surface area (Å²) in [5.41, 5.74) is 7.56. The Labute approximate surface area is 173 Å². The second-order valence-electron chi connectivity index (χ2n) is 8.05. The Morgan fingerprint density at radius 1 is 1.14 bits per heavy atom. The fourth-order valence-corrected chi connectivity index (χ4v) is 4.60. The molecule has 2 aliphatic rings. The first-order valence-electron chi connectivity index (χ1n) is 10.8. The van der Waals surface area contributed by atoms with E-state index < -0.39 is 0 Å². The van der Waals surface area contributed by atoms with Gasteiger partial charge in [-0.15, -0.1) is 0 Å². The topological polar surface area (TPSA) is 67.6 Å². The van der Waals surface area contributed by atoms with Gasteiger partial charge in [-0.1, -0.05) is 42.8 Å². The molecule has 2 heterocycles. The van der Waals surface area contributed by atoms with E-state index in [-0.39, 0.29) is 11.9 Å². The van der Waals surface area contributed by atoms with Gasteiger partial charge < -0.3 is 20.7 Å². The van der Waals surface area contributed by atoms with Gasteiger partial charge in [-0.3, -0.25) is 4.79 Å². The molecule has 5 nitrogen and oxygen atoms in total. The van der Waals surface area contributed by atoms with E-state index in [4.69, 9.17) is 10.5 Å². The number of ether oxygens (including phenoxy) is 1. The van der Waals surface area contributed by atoms with Crippen molar-refractivity contribution in [2.24, 2.45) is 5.73 Å². The standard InChI is InChI=1S/C24H31N3O2/c25-13-7-15-29-20-11-6-10-19(16-20)24(28)27-14-5-4-12-21-23(27)17-22(26-21)18-8-2-1-3-9-18/h1-3,6,8-11,16,21-23,26H,4-5,7,12-15,17,25H2/t21-,22-,23+/m0/s1. The fraction of sp³-hybridized carbons (Fsp3) is 0.458. The van der Waals surface area contributed by atoms with Crippen LogP contribution in [0.25, 0.3) is 0 Å². The number of nitrogens with zero attached hydrogens (tertiary/aromatic N) is 1. The van der Waals surface area contributed by atoms with E-state index in [0.717, 1.165) is 44.4 Å². The highest BCUT2D eigenvalue weighted by Crippen LogP contribution is 2.34. The molecule has 0 radical (unpaired) electrons. The molecule has 0 unspecified atom stereocenters. The maximum atomic E-state index is 13.4. The Kier molecular flexibility index (Phi) is 6.47. The van der Waals surface area contributed by atoms with Gasteiger partial charge in [0.25, 0.3) is 5.91 Å². The molecule has 4 rings (SSSR count). The van der Waals surface area contributed by atoms with Crippen molar-refractivity contribution in [3.8, 4) is 5.75 Å². The van der Waals surface area contributed by atoms with Gasteiger partial charge in [-0.25, -0.2) is 0 Å². The summed E-state index contributed by atoms with van der Waals surface area (Å²) >= 11 is 0. The first-order chi connectivity index (χ1) is 14.3. The van der Waals surface area contributed by atoms with E-state index in [2.05, 4.69) is 40.5 Å². The molecule has 3 atom stereocenters. The molecule has 0 spiro atoms. The first-order valence-corrected chi connectivity index (χ1v) is 10.8. The van der Waals surface area contributed by atoms with Crippen molar-refractivity contribution in [3.05, 3.63) is 65.7 Å². The van der Waals surface area contributed by atoms with Crippen LogP contribution in [0.1, 0.15) is 54.1 Å². The van der Waals surface area contributed by atoms with Crippen LogP contribution in [0.5, 0.6) is 5.75 Å². The summed E-state index contributed by atoms with van der Waals surface area (Å²) in [6.45, 7) is 2.00. The van der Waals surface area contributed by atoms with Gasteiger partial charge in [0.1, 0.15) is 5.75 Å². The zero-order valence-electron chi connectivity index (χ0n) is 16.9. The van der Waals surface area contributed by atoms with Crippen LogP contribution in [0.2, 0.25) is 0 Å². The van der Waals surface area contributed by atoms with Crippen LogP contribution in [0, 0.1) is 0 Å². The van der Waals surface area contributed by atoms with Crippen molar-refractivity contribution in [2.75, 3.05) is 19.7 Å². The summed E-state index contributed by atoms with van der Waals surface area (Å²) in [6.07, 6.45) is 5.11. The summed E-state index contributed by atoms with van der Waals surface area (Å²) < 4.78 is 5.75. The Balaban J connectivity index is 1.51. The molecule has 3 N–H and O–H groups in total. The number of rotatable bonds is 6. The second kappa shape index (κ2) is 9.42. The lowest BCUT2D eigenvalue weighted by Crippen LogP contribution is -2.45. The van der Waals surface area contributed by atoms with Crippen molar-refractivity contribution in [3.63, 3.8) is 0 Å². The van der Waals surface area contributed by atoms with Gasteiger partial charge in [-0.2, -0.15) is 0 Å². The molecule has 5 heteroatoms. The Morgan fingerprint density at radius 3 is 2.83 bits per heavy atom. The molecule has 0 saturated carbocycles. The smallest absolute Gasteiger partial charge is 0.254 e. The van der Waals surface area contributed by atoms with Crippen LogP contribution in [0.4, 0.5) is 0 Å². The highest BCUT2D eigenvalue weighted by atomic mass is 16.5. The molecule has 154 valence electrons. The summed E-state index contributed by atoms with van der Waals surface area (Å²) in [7, 11) is 0. The third kappa shape index (κ3) is 4.62. The number of benzene rings is 2. The van der Waals surface area contributed by atoms with E-state index in [0.29, 0.717) is 30.8 Å². The van der Waals surface area contributed by atoms with Gasteiger partial charge in [0.15, 0.2) is 0 Å². The SMILES string of the molecule is NCCCOc1cccc(C(=O)N2CCCC[C@@H]3N[C@H](c4ccccc4)C[C@H]32)c1. The number of amides is 1. The lowest BCUT2D eigenvalue weighted by atomic mass is 10.00. The molecule has 2 aromatic rings. The van der Waals surface area contributed by atoms with Crippen molar-refractivity contribution in [1.29, 1.82) is 0 Å². The summed E-state index contributed by atoms with van der Waals surface area (Å²) in [4.78, 5) is 15.5. The molecule has 0 aliphatic carbocycles. The van der Waals surface area contributed by atoms with Gasteiger partial charge in [-0.05, 0) is 56.0 Å². The third-order valence-electron chi connectivity index (χ3n) is 6.08. The number of carbonyl (C=O) groups is 1. The maximum absolute atomic E-state index is 13.4. The minimum absolute atomic E-state index is 0.113. The van der Waals surface area contributed by atoms with Gasteiger partial charge >= 0.3 is 0 Å². The number of nitrogens with one attached hydrogen (secondary N) is 1. The average molecular weight is 394 g/mol. The summed E-state index contributed by atoms with van der Waals surface area (Å²) in [6, 6.07) is 19.1. The number of fused-ring (bicyclic) bond motifs is 1. The lowest BCUT2D eigenvalue weighted by molar-refractivity contribution is 0.0677.